The Balaban J connectivity index is 1.74. The van der Waals surface area contributed by atoms with Crippen molar-refractivity contribution in [2.24, 2.45) is 23.3 Å². The molecule has 1 aromatic heterocycles. The number of thioether (sulfide) groups is 1. The van der Waals surface area contributed by atoms with Gasteiger partial charge in [-0.15, -0.1) is 0 Å². The Morgan fingerprint density at radius 1 is 0.900 bits per heavy atom. The molecule has 19 nitrogen and oxygen atoms in total. The molecule has 2 heterocycles. The Kier molecular flexibility index (Phi) is 21.5. The zero-order valence-corrected chi connectivity index (χ0v) is 42.6. The number of ether oxygens (including phenoxy) is 2. The first-order valence-corrected chi connectivity index (χ1v) is 25.4. The molecule has 20 heteroatoms. The standard InChI is InChI=1S/C50H73N9O10S/c1-31(2)21-22-41(60)59(39(43(52)61)24-27-70-8)57-26-23-38(46(57)64)54-45(63)42(32(3)4)56-44(62)40(28-34-29-53-36-19-13-12-18-35(34)36)58(49(67)68-30-33-16-10-9-11-17-33)47(65)37(20-14-15-25-51)55-48(66)69-50(5,6)7/h9-13,16-19,29,31-32,37-40,42,53H,14-15,20-28,30,51H2,1-8H3,(H2,52,61)(H,54,63)(H,55,66)(H,56,62)/t37-,38-,39?,40+,42+/m0/s1. The molecule has 4 rings (SSSR count). The molecular formula is C50H73N9O10S. The normalized spacial score (nSPS) is 15.5. The number of amides is 8. The van der Waals surface area contributed by atoms with Crippen molar-refractivity contribution in [2.75, 3.05) is 25.1 Å². The van der Waals surface area contributed by atoms with Gasteiger partial charge in [-0.1, -0.05) is 76.2 Å². The number of rotatable bonds is 25. The molecule has 5 atom stereocenters. The number of unbranched alkanes of at least 4 members (excludes halogenated alkanes) is 1. The van der Waals surface area contributed by atoms with Crippen LogP contribution in [0.5, 0.6) is 0 Å². The molecule has 0 saturated carbocycles. The number of imide groups is 1. The van der Waals surface area contributed by atoms with Crippen molar-refractivity contribution in [2.45, 2.75) is 142 Å². The van der Waals surface area contributed by atoms with Gasteiger partial charge in [-0.2, -0.15) is 11.8 Å². The number of fused-ring (bicyclic) bond motifs is 1. The highest BCUT2D eigenvalue weighted by atomic mass is 32.2. The summed E-state index contributed by atoms with van der Waals surface area (Å²) in [6.07, 6.45) is 2.81. The van der Waals surface area contributed by atoms with Crippen molar-refractivity contribution in [1.82, 2.24) is 35.9 Å². The summed E-state index contributed by atoms with van der Waals surface area (Å²) in [6, 6.07) is 9.33. The molecule has 0 bridgehead atoms. The van der Waals surface area contributed by atoms with E-state index >= 15 is 9.59 Å². The predicted octanol–water partition coefficient (Wildman–Crippen LogP) is 4.91. The van der Waals surface area contributed by atoms with Gasteiger partial charge in [-0.3, -0.25) is 28.8 Å². The molecule has 1 aliphatic rings. The van der Waals surface area contributed by atoms with E-state index in [1.54, 1.807) is 77.2 Å². The van der Waals surface area contributed by atoms with Crippen LogP contribution in [-0.2, 0) is 51.3 Å². The van der Waals surface area contributed by atoms with Gasteiger partial charge >= 0.3 is 12.2 Å². The minimum atomic E-state index is -1.68. The summed E-state index contributed by atoms with van der Waals surface area (Å²) in [5.74, 6) is -4.45. The fourth-order valence-electron chi connectivity index (χ4n) is 8.01. The number of nitrogens with two attached hydrogens (primary N) is 2. The van der Waals surface area contributed by atoms with E-state index in [0.717, 1.165) is 5.01 Å². The zero-order valence-electron chi connectivity index (χ0n) is 41.8. The van der Waals surface area contributed by atoms with Gasteiger partial charge in [0.2, 0.25) is 23.6 Å². The number of alkyl carbamates (subject to hydrolysis) is 1. The second-order valence-corrected chi connectivity index (χ2v) is 20.2. The Morgan fingerprint density at radius 2 is 1.59 bits per heavy atom. The van der Waals surface area contributed by atoms with Gasteiger partial charge < -0.3 is 41.9 Å². The summed E-state index contributed by atoms with van der Waals surface area (Å²) in [7, 11) is 0. The summed E-state index contributed by atoms with van der Waals surface area (Å²) < 4.78 is 11.3. The van der Waals surface area contributed by atoms with Crippen molar-refractivity contribution in [3.63, 3.8) is 0 Å². The van der Waals surface area contributed by atoms with E-state index in [-0.39, 0.29) is 57.7 Å². The Hall–Kier alpha value is -6.15. The third-order valence-electron chi connectivity index (χ3n) is 11.7. The van der Waals surface area contributed by atoms with E-state index in [1.165, 1.54) is 16.8 Å². The number of aromatic nitrogens is 1. The number of para-hydroxylation sites is 1. The van der Waals surface area contributed by atoms with Gasteiger partial charge in [0.25, 0.3) is 11.8 Å². The van der Waals surface area contributed by atoms with Crippen LogP contribution in [0.4, 0.5) is 9.59 Å². The average molecular weight is 992 g/mol. The van der Waals surface area contributed by atoms with E-state index in [0.29, 0.717) is 51.9 Å². The van der Waals surface area contributed by atoms with Crippen LogP contribution in [0.2, 0.25) is 0 Å². The van der Waals surface area contributed by atoms with Crippen LogP contribution in [0.15, 0.2) is 60.8 Å². The summed E-state index contributed by atoms with van der Waals surface area (Å²) in [5.41, 5.74) is 12.5. The SMILES string of the molecule is CSCCC(C(N)=O)N(C(=O)CCC(C)C)N1CC[C@H](NC(=O)[C@H](NC(=O)[C@@H](Cc2c[nH]c3ccccc23)N(C(=O)OCc2ccccc2)C(=O)[C@H](CCCCN)NC(=O)OC(C)(C)C)C(C)C)C1=O. The number of aromatic amines is 1. The van der Waals surface area contributed by atoms with Gasteiger partial charge in [-0.25, -0.2) is 24.5 Å². The number of nitrogens with one attached hydrogen (secondary N) is 4. The Morgan fingerprint density at radius 3 is 2.21 bits per heavy atom. The fraction of sp³-hybridized carbons (Fsp3) is 0.560. The van der Waals surface area contributed by atoms with E-state index in [1.807, 2.05) is 38.3 Å². The van der Waals surface area contributed by atoms with Gasteiger partial charge in [0.05, 0.1) is 0 Å². The van der Waals surface area contributed by atoms with Crippen LogP contribution in [0.3, 0.4) is 0 Å². The van der Waals surface area contributed by atoms with E-state index in [9.17, 15) is 28.8 Å². The number of benzene rings is 2. The zero-order chi connectivity index (χ0) is 51.7. The molecule has 384 valence electrons. The Bertz CT molecular complexity index is 2270. The van der Waals surface area contributed by atoms with Gasteiger partial charge in [0.15, 0.2) is 0 Å². The first-order valence-electron chi connectivity index (χ1n) is 24.0. The summed E-state index contributed by atoms with van der Waals surface area (Å²) in [5, 5.41) is 11.2. The van der Waals surface area contributed by atoms with Crippen molar-refractivity contribution in [3.05, 3.63) is 71.9 Å². The molecule has 1 unspecified atom stereocenters. The van der Waals surface area contributed by atoms with Crippen molar-refractivity contribution >= 4 is 70.3 Å². The van der Waals surface area contributed by atoms with Gasteiger partial charge in [0.1, 0.15) is 42.4 Å². The van der Waals surface area contributed by atoms with E-state index < -0.39 is 89.4 Å². The predicted molar refractivity (Wildman–Crippen MR) is 267 cm³/mol. The largest absolute Gasteiger partial charge is 0.444 e. The lowest BCUT2D eigenvalue weighted by molar-refractivity contribution is -0.168. The third-order valence-corrected chi connectivity index (χ3v) is 12.3. The molecule has 8 N–H and O–H groups in total. The molecule has 3 aromatic rings. The van der Waals surface area contributed by atoms with Gasteiger partial charge in [-0.05, 0) is 107 Å². The summed E-state index contributed by atoms with van der Waals surface area (Å²) >= 11 is 1.46. The summed E-state index contributed by atoms with van der Waals surface area (Å²) in [4.78, 5) is 117. The lowest BCUT2D eigenvalue weighted by Crippen LogP contribution is -2.62. The molecule has 0 spiro atoms. The number of hydrazine groups is 1. The molecule has 8 amide bonds. The number of primary amides is 1. The topological polar surface area (TPSA) is 269 Å². The van der Waals surface area contributed by atoms with Gasteiger partial charge in [0, 0.05) is 36.5 Å². The molecule has 2 aromatic carbocycles. The second-order valence-electron chi connectivity index (χ2n) is 19.2. The Labute approximate surface area is 415 Å². The minimum absolute atomic E-state index is 0.00239. The maximum atomic E-state index is 15.1. The number of carbonyl (C=O) groups is 8. The molecule has 1 aliphatic heterocycles. The van der Waals surface area contributed by atoms with Crippen molar-refractivity contribution < 1.29 is 47.8 Å². The van der Waals surface area contributed by atoms with Crippen LogP contribution in [0, 0.1) is 11.8 Å². The first-order chi connectivity index (χ1) is 33.2. The molecule has 0 aliphatic carbocycles. The fourth-order valence-corrected chi connectivity index (χ4v) is 8.47. The number of hydrogen-bond acceptors (Lipinski definition) is 12. The maximum absolute atomic E-state index is 15.1. The lowest BCUT2D eigenvalue weighted by Gasteiger charge is -2.37. The monoisotopic (exact) mass is 992 g/mol. The van der Waals surface area contributed by atoms with Crippen LogP contribution < -0.4 is 27.4 Å². The molecule has 1 saturated heterocycles. The number of hydrogen-bond donors (Lipinski definition) is 6. The molecule has 0 radical (unpaired) electrons. The quantitative estimate of drug-likeness (QED) is 0.0619. The first kappa shape index (κ1) is 56.4. The second kappa shape index (κ2) is 26.7. The van der Waals surface area contributed by atoms with Crippen LogP contribution in [0.25, 0.3) is 10.9 Å². The number of nitrogens with zero attached hydrogens (tertiary/aromatic N) is 3. The lowest BCUT2D eigenvalue weighted by atomic mass is 9.98. The van der Waals surface area contributed by atoms with Crippen molar-refractivity contribution in [3.8, 4) is 0 Å². The highest BCUT2D eigenvalue weighted by Crippen LogP contribution is 2.25. The van der Waals surface area contributed by atoms with E-state index in [2.05, 4.69) is 20.9 Å². The smallest absolute Gasteiger partial charge is 0.417 e. The van der Waals surface area contributed by atoms with Crippen LogP contribution >= 0.6 is 11.8 Å². The summed E-state index contributed by atoms with van der Waals surface area (Å²) in [6.45, 7) is 12.2. The van der Waals surface area contributed by atoms with Crippen molar-refractivity contribution in [1.29, 1.82) is 0 Å². The van der Waals surface area contributed by atoms with Crippen LogP contribution in [-0.4, -0.2) is 128 Å². The highest BCUT2D eigenvalue weighted by Gasteiger charge is 2.45. The average Bonchev–Trinajstić information content (AvgIpc) is 3.88. The maximum Gasteiger partial charge on any atom is 0.417 e. The molecule has 70 heavy (non-hydrogen) atoms. The number of carbonyl (C=O) groups excluding carboxylic acids is 8. The van der Waals surface area contributed by atoms with E-state index in [4.69, 9.17) is 20.9 Å². The van der Waals surface area contributed by atoms with Crippen LogP contribution in [0.1, 0.15) is 105 Å². The molecule has 1 fully saturated rings. The third kappa shape index (κ3) is 16.2. The molecular weight excluding hydrogens is 919 g/mol. The number of H-pyrrole nitrogens is 1. The highest BCUT2D eigenvalue weighted by molar-refractivity contribution is 7.98. The minimum Gasteiger partial charge on any atom is -0.444 e.